The van der Waals surface area contributed by atoms with E-state index in [1.54, 1.807) is 0 Å². The Kier molecular flexibility index (Phi) is 7.38. The minimum absolute atomic E-state index is 0.0146. The molecule has 0 aliphatic rings. The Balaban J connectivity index is 3.08. The van der Waals surface area contributed by atoms with Crippen LogP contribution in [0.2, 0.25) is 0 Å². The standard InChI is InChI=1S/C16H24N2O6S/c1-11(2)24-14-5-7-15(8-6-14)25(22,23)18(12(3)16(20)21)10-9-17-13(4)19/h5-8,11-12H,9-10H2,1-4H3,(H,17,19)(H,20,21). The van der Waals surface area contributed by atoms with E-state index in [1.807, 2.05) is 13.8 Å². The van der Waals surface area contributed by atoms with E-state index < -0.39 is 22.0 Å². The second-order valence-corrected chi connectivity index (χ2v) is 7.64. The van der Waals surface area contributed by atoms with E-state index in [1.165, 1.54) is 38.1 Å². The fraction of sp³-hybridized carbons (Fsp3) is 0.500. The van der Waals surface area contributed by atoms with E-state index in [0.29, 0.717) is 5.75 Å². The van der Waals surface area contributed by atoms with Crippen molar-refractivity contribution in [1.82, 2.24) is 9.62 Å². The van der Waals surface area contributed by atoms with Gasteiger partial charge >= 0.3 is 5.97 Å². The monoisotopic (exact) mass is 372 g/mol. The molecule has 25 heavy (non-hydrogen) atoms. The highest BCUT2D eigenvalue weighted by Gasteiger charge is 2.32. The molecule has 0 spiro atoms. The van der Waals surface area contributed by atoms with Crippen LogP contribution in [0.5, 0.6) is 5.75 Å². The summed E-state index contributed by atoms with van der Waals surface area (Å²) in [6.07, 6.45) is -0.0522. The maximum Gasteiger partial charge on any atom is 0.321 e. The first-order chi connectivity index (χ1) is 11.6. The molecule has 2 N–H and O–H groups in total. The lowest BCUT2D eigenvalue weighted by Gasteiger charge is -2.26. The van der Waals surface area contributed by atoms with Crippen molar-refractivity contribution in [1.29, 1.82) is 0 Å². The zero-order valence-corrected chi connectivity index (χ0v) is 15.5. The highest BCUT2D eigenvalue weighted by molar-refractivity contribution is 7.89. The molecular formula is C16H24N2O6S. The highest BCUT2D eigenvalue weighted by Crippen LogP contribution is 2.22. The number of nitrogens with one attached hydrogen (secondary N) is 1. The van der Waals surface area contributed by atoms with E-state index in [4.69, 9.17) is 4.74 Å². The van der Waals surface area contributed by atoms with Crippen molar-refractivity contribution in [3.63, 3.8) is 0 Å². The topological polar surface area (TPSA) is 113 Å². The molecule has 9 heteroatoms. The minimum atomic E-state index is -4.04. The number of carboxylic acid groups (broad SMARTS) is 1. The van der Waals surface area contributed by atoms with Gasteiger partial charge in [-0.05, 0) is 45.0 Å². The third-order valence-electron chi connectivity index (χ3n) is 3.30. The molecule has 0 aliphatic carbocycles. The van der Waals surface area contributed by atoms with Gasteiger partial charge in [0.25, 0.3) is 0 Å². The summed E-state index contributed by atoms with van der Waals surface area (Å²) in [5.41, 5.74) is 0. The van der Waals surface area contributed by atoms with Crippen LogP contribution in [0.25, 0.3) is 0 Å². The Morgan fingerprint density at radius 3 is 2.20 bits per heavy atom. The van der Waals surface area contributed by atoms with Crippen molar-refractivity contribution in [3.05, 3.63) is 24.3 Å². The number of sulfonamides is 1. The Morgan fingerprint density at radius 2 is 1.76 bits per heavy atom. The van der Waals surface area contributed by atoms with Crippen LogP contribution in [0.4, 0.5) is 0 Å². The van der Waals surface area contributed by atoms with Gasteiger partial charge in [-0.2, -0.15) is 4.31 Å². The maximum atomic E-state index is 12.8. The number of benzene rings is 1. The summed E-state index contributed by atoms with van der Waals surface area (Å²) in [6.45, 7) is 6.14. The first-order valence-electron chi connectivity index (χ1n) is 7.81. The molecule has 0 aliphatic heterocycles. The van der Waals surface area contributed by atoms with Crippen molar-refractivity contribution in [2.75, 3.05) is 13.1 Å². The van der Waals surface area contributed by atoms with Crippen molar-refractivity contribution in [3.8, 4) is 5.75 Å². The van der Waals surface area contributed by atoms with Crippen LogP contribution >= 0.6 is 0 Å². The molecule has 0 heterocycles. The van der Waals surface area contributed by atoms with Crippen LogP contribution < -0.4 is 10.1 Å². The quantitative estimate of drug-likeness (QED) is 0.670. The lowest BCUT2D eigenvalue weighted by molar-refractivity contribution is -0.140. The van der Waals surface area contributed by atoms with Crippen molar-refractivity contribution < 1.29 is 27.9 Å². The third kappa shape index (κ3) is 6.02. The molecule has 140 valence electrons. The summed E-state index contributed by atoms with van der Waals surface area (Å²) in [5, 5.41) is 11.7. The second kappa shape index (κ2) is 8.82. The molecule has 1 amide bonds. The molecule has 0 saturated carbocycles. The van der Waals surface area contributed by atoms with Crippen molar-refractivity contribution >= 4 is 21.9 Å². The van der Waals surface area contributed by atoms with Crippen LogP contribution in [0.3, 0.4) is 0 Å². The largest absolute Gasteiger partial charge is 0.491 e. The number of aliphatic carboxylic acids is 1. The van der Waals surface area contributed by atoms with Crippen LogP contribution in [-0.4, -0.2) is 54.9 Å². The number of rotatable bonds is 9. The van der Waals surface area contributed by atoms with Gasteiger partial charge in [0, 0.05) is 20.0 Å². The molecule has 1 aromatic rings. The minimum Gasteiger partial charge on any atom is -0.491 e. The Bertz CT molecular complexity index is 700. The molecule has 1 rings (SSSR count). The summed E-state index contributed by atoms with van der Waals surface area (Å²) < 4.78 is 31.9. The molecule has 1 aromatic carbocycles. The van der Waals surface area contributed by atoms with E-state index >= 15 is 0 Å². The molecule has 0 bridgehead atoms. The molecule has 8 nitrogen and oxygen atoms in total. The SMILES string of the molecule is CC(=O)NCCN(C(C)C(=O)O)S(=O)(=O)c1ccc(OC(C)C)cc1. The molecule has 0 radical (unpaired) electrons. The molecule has 0 fully saturated rings. The first kappa shape index (κ1) is 20.9. The summed E-state index contributed by atoms with van der Waals surface area (Å²) in [7, 11) is -4.04. The van der Waals surface area contributed by atoms with E-state index in [9.17, 15) is 23.1 Å². The number of carbonyl (C=O) groups excluding carboxylic acids is 1. The van der Waals surface area contributed by atoms with Gasteiger partial charge in [-0.3, -0.25) is 9.59 Å². The molecule has 1 unspecified atom stereocenters. The van der Waals surface area contributed by atoms with Gasteiger partial charge in [-0.1, -0.05) is 0 Å². The molecule has 0 saturated heterocycles. The van der Waals surface area contributed by atoms with Gasteiger partial charge in [-0.25, -0.2) is 8.42 Å². The van der Waals surface area contributed by atoms with Gasteiger partial charge in [0.1, 0.15) is 11.8 Å². The van der Waals surface area contributed by atoms with Crippen molar-refractivity contribution in [2.24, 2.45) is 0 Å². The molecular weight excluding hydrogens is 348 g/mol. The van der Waals surface area contributed by atoms with Gasteiger partial charge in [0.2, 0.25) is 15.9 Å². The fourth-order valence-electron chi connectivity index (χ4n) is 2.09. The third-order valence-corrected chi connectivity index (χ3v) is 5.28. The van der Waals surface area contributed by atoms with Crippen LogP contribution in [0, 0.1) is 0 Å². The number of hydrogen-bond donors (Lipinski definition) is 2. The smallest absolute Gasteiger partial charge is 0.321 e. The number of carboxylic acids is 1. The Morgan fingerprint density at radius 1 is 1.20 bits per heavy atom. The summed E-state index contributed by atoms with van der Waals surface area (Å²) in [4.78, 5) is 22.2. The molecule has 0 aromatic heterocycles. The average Bonchev–Trinajstić information content (AvgIpc) is 2.50. The number of hydrogen-bond acceptors (Lipinski definition) is 5. The van der Waals surface area contributed by atoms with Gasteiger partial charge in [-0.15, -0.1) is 0 Å². The maximum absolute atomic E-state index is 12.8. The summed E-state index contributed by atoms with van der Waals surface area (Å²) >= 11 is 0. The van der Waals surface area contributed by atoms with E-state index in [0.717, 1.165) is 4.31 Å². The highest BCUT2D eigenvalue weighted by atomic mass is 32.2. The number of carbonyl (C=O) groups is 2. The van der Waals surface area contributed by atoms with Gasteiger partial charge in [0.15, 0.2) is 0 Å². The molecule has 1 atom stereocenters. The van der Waals surface area contributed by atoms with Crippen LogP contribution in [0.15, 0.2) is 29.2 Å². The number of amides is 1. The predicted molar refractivity (Wildman–Crippen MR) is 91.9 cm³/mol. The Labute approximate surface area is 147 Å². The number of nitrogens with zero attached hydrogens (tertiary/aromatic N) is 1. The van der Waals surface area contributed by atoms with Crippen molar-refractivity contribution in [2.45, 2.75) is 44.7 Å². The van der Waals surface area contributed by atoms with Gasteiger partial charge in [0.05, 0.1) is 11.0 Å². The zero-order valence-electron chi connectivity index (χ0n) is 14.7. The number of ether oxygens (including phenoxy) is 1. The normalized spacial score (nSPS) is 12.9. The van der Waals surface area contributed by atoms with E-state index in [2.05, 4.69) is 5.32 Å². The summed E-state index contributed by atoms with van der Waals surface area (Å²) in [6, 6.07) is 4.50. The van der Waals surface area contributed by atoms with Crippen LogP contribution in [0.1, 0.15) is 27.7 Å². The van der Waals surface area contributed by atoms with Gasteiger partial charge < -0.3 is 15.2 Å². The Hall–Kier alpha value is -2.13. The fourth-order valence-corrected chi connectivity index (χ4v) is 3.67. The lowest BCUT2D eigenvalue weighted by atomic mass is 10.3. The van der Waals surface area contributed by atoms with E-state index in [-0.39, 0.29) is 30.0 Å². The average molecular weight is 372 g/mol. The predicted octanol–water partition coefficient (Wildman–Crippen LogP) is 1.07. The zero-order chi connectivity index (χ0) is 19.2. The first-order valence-corrected chi connectivity index (χ1v) is 9.25. The van der Waals surface area contributed by atoms with Crippen LogP contribution in [-0.2, 0) is 19.6 Å². The second-order valence-electron chi connectivity index (χ2n) is 5.75. The lowest BCUT2D eigenvalue weighted by Crippen LogP contribution is -2.46. The summed E-state index contributed by atoms with van der Waals surface area (Å²) in [5.74, 6) is -1.08.